The van der Waals surface area contributed by atoms with Crippen LogP contribution in [0.5, 0.6) is 0 Å². The molecule has 17 heavy (non-hydrogen) atoms. The van der Waals surface area contributed by atoms with E-state index in [0.717, 1.165) is 12.8 Å². The predicted octanol–water partition coefficient (Wildman–Crippen LogP) is 2.26. The van der Waals surface area contributed by atoms with Crippen LogP contribution in [0.25, 0.3) is 0 Å². The lowest BCUT2D eigenvalue weighted by Gasteiger charge is -2.28. The first-order chi connectivity index (χ1) is 8.08. The lowest BCUT2D eigenvalue weighted by Crippen LogP contribution is -2.41. The van der Waals surface area contributed by atoms with Crippen LogP contribution < -0.4 is 11.6 Å². The highest BCUT2D eigenvalue weighted by Gasteiger charge is 2.14. The normalized spacial score (nSPS) is 14.6. The van der Waals surface area contributed by atoms with Crippen molar-refractivity contribution in [3.63, 3.8) is 0 Å². The van der Waals surface area contributed by atoms with Crippen LogP contribution in [-0.4, -0.2) is 17.8 Å². The molecule has 0 radical (unpaired) electrons. The van der Waals surface area contributed by atoms with Crippen molar-refractivity contribution in [2.45, 2.75) is 39.8 Å². The molecule has 1 atom stereocenters. The van der Waals surface area contributed by atoms with Crippen LogP contribution in [0.2, 0.25) is 0 Å². The largest absolute Gasteiger partial charge is 0.397 e. The van der Waals surface area contributed by atoms with Crippen LogP contribution in [-0.2, 0) is 4.74 Å². The second kappa shape index (κ2) is 8.84. The van der Waals surface area contributed by atoms with E-state index in [1.54, 1.807) is 18.2 Å². The number of hydrogen-bond acceptors (Lipinski definition) is 4. The van der Waals surface area contributed by atoms with Crippen molar-refractivity contribution in [2.24, 2.45) is 11.6 Å². The van der Waals surface area contributed by atoms with Gasteiger partial charge in [0.05, 0.1) is 11.4 Å². The first-order valence-corrected chi connectivity index (χ1v) is 5.98. The van der Waals surface area contributed by atoms with Gasteiger partial charge < -0.3 is 10.5 Å². The zero-order valence-corrected chi connectivity index (χ0v) is 11.1. The molecule has 0 heterocycles. The number of allylic oxidation sites excluding steroid dienone is 3. The van der Waals surface area contributed by atoms with Crippen LogP contribution in [0.3, 0.4) is 0 Å². The van der Waals surface area contributed by atoms with Gasteiger partial charge in [0.1, 0.15) is 6.23 Å². The third-order valence-corrected chi connectivity index (χ3v) is 2.41. The fraction of sp³-hybridized carbons (Fsp3) is 0.538. The van der Waals surface area contributed by atoms with Gasteiger partial charge in [-0.3, -0.25) is 5.01 Å². The van der Waals surface area contributed by atoms with Crippen LogP contribution in [0, 0.1) is 0 Å². The molecule has 0 saturated carbocycles. The number of rotatable bonds is 8. The molecule has 4 N–H and O–H groups in total. The average Bonchev–Trinajstić information content (AvgIpc) is 2.34. The maximum Gasteiger partial charge on any atom is 0.141 e. The molecule has 0 aromatic rings. The molecule has 0 aliphatic carbocycles. The lowest BCUT2D eigenvalue weighted by molar-refractivity contribution is -0.0309. The molecule has 1 unspecified atom stereocenters. The zero-order valence-electron chi connectivity index (χ0n) is 11.1. The molecule has 0 aromatic carbocycles. The minimum atomic E-state index is -0.216. The van der Waals surface area contributed by atoms with Crippen LogP contribution in [0.1, 0.15) is 33.6 Å². The highest BCUT2D eigenvalue weighted by Crippen LogP contribution is 2.12. The minimum absolute atomic E-state index is 0.216. The number of nitrogens with zero attached hydrogens (tertiary/aromatic N) is 1. The van der Waals surface area contributed by atoms with Gasteiger partial charge in [0.2, 0.25) is 0 Å². The zero-order chi connectivity index (χ0) is 13.3. The molecular weight excluding hydrogens is 214 g/mol. The van der Waals surface area contributed by atoms with Crippen molar-refractivity contribution in [1.29, 1.82) is 0 Å². The van der Waals surface area contributed by atoms with E-state index in [1.165, 1.54) is 5.01 Å². The van der Waals surface area contributed by atoms with Gasteiger partial charge in [0.15, 0.2) is 0 Å². The Morgan fingerprint density at radius 2 is 2.18 bits per heavy atom. The van der Waals surface area contributed by atoms with E-state index in [2.05, 4.69) is 13.5 Å². The van der Waals surface area contributed by atoms with E-state index in [4.69, 9.17) is 16.3 Å². The van der Waals surface area contributed by atoms with Crippen LogP contribution in [0.4, 0.5) is 0 Å². The summed E-state index contributed by atoms with van der Waals surface area (Å²) >= 11 is 0. The number of hydrogen-bond donors (Lipinski definition) is 2. The number of hydrazine groups is 1. The molecule has 0 bridgehead atoms. The number of ether oxygens (including phenoxy) is 1. The fourth-order valence-electron chi connectivity index (χ4n) is 1.27. The smallest absolute Gasteiger partial charge is 0.141 e. The van der Waals surface area contributed by atoms with Gasteiger partial charge in [-0.15, -0.1) is 0 Å². The molecule has 98 valence electrons. The topological polar surface area (TPSA) is 64.5 Å². The molecule has 0 amide bonds. The van der Waals surface area contributed by atoms with Gasteiger partial charge in [0, 0.05) is 6.61 Å². The summed E-state index contributed by atoms with van der Waals surface area (Å²) in [5, 5.41) is 1.52. The second-order valence-corrected chi connectivity index (χ2v) is 3.76. The maximum atomic E-state index is 5.98. The number of nitrogens with two attached hydrogens (primary N) is 2. The van der Waals surface area contributed by atoms with Crippen LogP contribution >= 0.6 is 0 Å². The summed E-state index contributed by atoms with van der Waals surface area (Å²) in [5.74, 6) is 5.98. The van der Waals surface area contributed by atoms with E-state index in [1.807, 2.05) is 13.8 Å². The Kier molecular flexibility index (Phi) is 8.19. The van der Waals surface area contributed by atoms with Crippen molar-refractivity contribution >= 4 is 0 Å². The molecule has 0 aliphatic heterocycles. The summed E-state index contributed by atoms with van der Waals surface area (Å²) in [6.45, 7) is 10.2. The maximum absolute atomic E-state index is 5.98. The Morgan fingerprint density at radius 1 is 1.53 bits per heavy atom. The van der Waals surface area contributed by atoms with Crippen molar-refractivity contribution in [3.05, 3.63) is 36.2 Å². The van der Waals surface area contributed by atoms with E-state index < -0.39 is 0 Å². The summed E-state index contributed by atoms with van der Waals surface area (Å²) < 4.78 is 5.61. The molecule has 0 saturated heterocycles. The van der Waals surface area contributed by atoms with Gasteiger partial charge in [-0.25, -0.2) is 5.84 Å². The molecule has 0 aliphatic rings. The molecule has 4 nitrogen and oxygen atoms in total. The molecular formula is C13H25N3O. The lowest BCUT2D eigenvalue weighted by atomic mass is 10.2. The van der Waals surface area contributed by atoms with Crippen molar-refractivity contribution < 1.29 is 4.74 Å². The first kappa shape index (κ1) is 15.7. The van der Waals surface area contributed by atoms with Gasteiger partial charge in [-0.2, -0.15) is 0 Å². The van der Waals surface area contributed by atoms with Crippen molar-refractivity contribution in [2.75, 3.05) is 6.61 Å². The van der Waals surface area contributed by atoms with E-state index >= 15 is 0 Å². The van der Waals surface area contributed by atoms with E-state index in [9.17, 15) is 0 Å². The highest BCUT2D eigenvalue weighted by molar-refractivity contribution is 5.29. The van der Waals surface area contributed by atoms with Gasteiger partial charge in [-0.1, -0.05) is 32.1 Å². The summed E-state index contributed by atoms with van der Waals surface area (Å²) in [4.78, 5) is 0. The summed E-state index contributed by atoms with van der Waals surface area (Å²) in [5.41, 5.74) is 7.19. The summed E-state index contributed by atoms with van der Waals surface area (Å²) in [7, 11) is 0. The third kappa shape index (κ3) is 5.56. The first-order valence-electron chi connectivity index (χ1n) is 5.98. The quantitative estimate of drug-likeness (QED) is 0.224. The van der Waals surface area contributed by atoms with E-state index in [-0.39, 0.29) is 6.23 Å². The van der Waals surface area contributed by atoms with Gasteiger partial charge in [-0.05, 0) is 26.3 Å². The highest BCUT2D eigenvalue weighted by atomic mass is 16.5. The Balaban J connectivity index is 4.56. The van der Waals surface area contributed by atoms with E-state index in [0.29, 0.717) is 18.0 Å². The van der Waals surface area contributed by atoms with Gasteiger partial charge >= 0.3 is 0 Å². The Labute approximate surface area is 105 Å². The SMILES string of the molecule is C=C/C=C(\C(N)=C/C)N(N)C(C)OCCCC. The second-order valence-electron chi connectivity index (χ2n) is 3.76. The van der Waals surface area contributed by atoms with Crippen molar-refractivity contribution in [1.82, 2.24) is 5.01 Å². The molecule has 0 spiro atoms. The summed E-state index contributed by atoms with van der Waals surface area (Å²) in [6.07, 6.45) is 7.14. The Morgan fingerprint density at radius 3 is 2.65 bits per heavy atom. The number of unbranched alkanes of at least 4 members (excludes halogenated alkanes) is 1. The average molecular weight is 239 g/mol. The third-order valence-electron chi connectivity index (χ3n) is 2.41. The molecule has 0 rings (SSSR count). The molecule has 4 heteroatoms. The predicted molar refractivity (Wildman–Crippen MR) is 72.6 cm³/mol. The minimum Gasteiger partial charge on any atom is -0.397 e. The monoisotopic (exact) mass is 239 g/mol. The van der Waals surface area contributed by atoms with Crippen molar-refractivity contribution in [3.8, 4) is 0 Å². The molecule has 0 fully saturated rings. The fourth-order valence-corrected chi connectivity index (χ4v) is 1.27. The van der Waals surface area contributed by atoms with Crippen LogP contribution in [0.15, 0.2) is 36.2 Å². The Hall–Kier alpha value is -1.26. The Bertz CT molecular complexity index is 284. The van der Waals surface area contributed by atoms with Gasteiger partial charge in [0.25, 0.3) is 0 Å². The standard InChI is InChI=1S/C13H25N3O/c1-5-8-10-17-11(4)16(15)13(9-6-2)12(14)7-3/h6-7,9,11H,2,5,8,10,14-15H2,1,3-4H3/b12-7+,13-9+. The molecule has 0 aromatic heterocycles. The summed E-state index contributed by atoms with van der Waals surface area (Å²) in [6, 6.07) is 0.